The number of aliphatic hydroxyl groups excluding tert-OH is 2. The fourth-order valence-corrected chi connectivity index (χ4v) is 3.43. The zero-order chi connectivity index (χ0) is 29.6. The van der Waals surface area contributed by atoms with Crippen molar-refractivity contribution in [1.82, 2.24) is 16.0 Å². The quantitative estimate of drug-likeness (QED) is 0.0907. The topological polar surface area (TPSA) is 145 Å². The van der Waals surface area contributed by atoms with Crippen molar-refractivity contribution in [3.05, 3.63) is 72.9 Å². The lowest BCUT2D eigenvalue weighted by molar-refractivity contribution is -0.133. The van der Waals surface area contributed by atoms with Crippen LogP contribution in [0.15, 0.2) is 72.9 Å². The third-order valence-corrected chi connectivity index (χ3v) is 5.51. The van der Waals surface area contributed by atoms with E-state index in [1.807, 2.05) is 13.8 Å². The Bertz CT molecular complexity index is 948. The molecule has 0 rings (SSSR count). The monoisotopic (exact) mass is 543 g/mol. The summed E-state index contributed by atoms with van der Waals surface area (Å²) in [5, 5.41) is 28.9. The van der Waals surface area contributed by atoms with E-state index < -0.39 is 30.2 Å². The molecule has 0 spiro atoms. The van der Waals surface area contributed by atoms with Gasteiger partial charge in [0.15, 0.2) is 5.78 Å². The maximum absolute atomic E-state index is 13.0. The molecule has 0 heterocycles. The Labute approximate surface area is 232 Å². The molecule has 0 radical (unpaired) electrons. The molecule has 0 aliphatic carbocycles. The van der Waals surface area contributed by atoms with Gasteiger partial charge in [-0.2, -0.15) is 0 Å². The number of carbonyl (C=O) groups excluding carboxylic acids is 4. The van der Waals surface area contributed by atoms with E-state index in [2.05, 4.69) is 29.1 Å². The van der Waals surface area contributed by atoms with E-state index >= 15 is 0 Å². The van der Waals surface area contributed by atoms with Crippen LogP contribution in [-0.2, 0) is 19.2 Å². The highest BCUT2D eigenvalue weighted by molar-refractivity contribution is 6.00. The molecule has 9 heteroatoms. The second-order valence-electron chi connectivity index (χ2n) is 8.83. The van der Waals surface area contributed by atoms with Crippen molar-refractivity contribution in [3.63, 3.8) is 0 Å². The van der Waals surface area contributed by atoms with Crippen molar-refractivity contribution in [2.45, 2.75) is 84.1 Å². The number of amides is 3. The molecule has 0 aliphatic heterocycles. The van der Waals surface area contributed by atoms with E-state index in [1.165, 1.54) is 0 Å². The number of carbonyl (C=O) groups is 4. The predicted octanol–water partition coefficient (Wildman–Crippen LogP) is 3.08. The minimum atomic E-state index is -1.48. The van der Waals surface area contributed by atoms with Gasteiger partial charge in [0.25, 0.3) is 0 Å². The van der Waals surface area contributed by atoms with Crippen LogP contribution in [0.25, 0.3) is 0 Å². The van der Waals surface area contributed by atoms with E-state index in [1.54, 1.807) is 55.5 Å². The lowest BCUT2D eigenvalue weighted by Gasteiger charge is -2.23. The summed E-state index contributed by atoms with van der Waals surface area (Å²) in [6, 6.07) is -1.21. The molecule has 5 N–H and O–H groups in total. The van der Waals surface area contributed by atoms with Crippen LogP contribution >= 0.6 is 0 Å². The summed E-state index contributed by atoms with van der Waals surface area (Å²) < 4.78 is 0. The average molecular weight is 544 g/mol. The summed E-state index contributed by atoms with van der Waals surface area (Å²) >= 11 is 0. The smallest absolute Gasteiger partial charge is 0.245 e. The Hall–Kier alpha value is -3.56. The number of rotatable bonds is 20. The summed E-state index contributed by atoms with van der Waals surface area (Å²) in [6.45, 7) is 12.7. The van der Waals surface area contributed by atoms with Gasteiger partial charge in [0.1, 0.15) is 12.3 Å². The highest BCUT2D eigenvalue weighted by Gasteiger charge is 2.27. The molecule has 3 atom stereocenters. The Morgan fingerprint density at radius 1 is 0.821 bits per heavy atom. The molecule has 0 aliphatic rings. The number of Topliss-reactive ketones (excluding diaryl/α,β-unsaturated/α-hetero) is 1. The number of allylic oxidation sites excluding steroid dienone is 9. The van der Waals surface area contributed by atoms with Crippen molar-refractivity contribution < 1.29 is 29.4 Å². The van der Waals surface area contributed by atoms with Gasteiger partial charge in [-0.3, -0.25) is 19.2 Å². The fraction of sp³-hybridized carbons (Fsp3) is 0.467. The first-order valence-corrected chi connectivity index (χ1v) is 13.3. The SMILES string of the molecule is C=C/C=C\C=C(/CC)C(=O)CC(NC(=O)CCC)C(=O)NC(O)CC(O)/C(=C/C=C\C=C)CNC(=O)CCC. The molecule has 3 unspecified atom stereocenters. The minimum absolute atomic E-state index is 0.0543. The molecule has 0 aromatic heterocycles. The maximum Gasteiger partial charge on any atom is 0.245 e. The van der Waals surface area contributed by atoms with E-state index in [9.17, 15) is 29.4 Å². The number of aliphatic hydroxyl groups is 2. The summed E-state index contributed by atoms with van der Waals surface area (Å²) in [5.74, 6) is -1.64. The molecule has 0 bridgehead atoms. The molecule has 216 valence electrons. The number of nitrogens with one attached hydrogen (secondary N) is 3. The van der Waals surface area contributed by atoms with Gasteiger partial charge < -0.3 is 26.2 Å². The molecule has 0 fully saturated rings. The molecule has 0 aromatic rings. The Balaban J connectivity index is 5.55. The predicted molar refractivity (Wildman–Crippen MR) is 154 cm³/mol. The Morgan fingerprint density at radius 2 is 1.41 bits per heavy atom. The first-order chi connectivity index (χ1) is 18.6. The third kappa shape index (κ3) is 16.1. The van der Waals surface area contributed by atoms with Crippen LogP contribution in [0.2, 0.25) is 0 Å². The number of hydrogen-bond acceptors (Lipinski definition) is 6. The van der Waals surface area contributed by atoms with E-state index in [-0.39, 0.29) is 37.5 Å². The van der Waals surface area contributed by atoms with Gasteiger partial charge in [-0.05, 0) is 30.4 Å². The van der Waals surface area contributed by atoms with Crippen molar-refractivity contribution in [3.8, 4) is 0 Å². The Morgan fingerprint density at radius 3 is 1.97 bits per heavy atom. The average Bonchev–Trinajstić information content (AvgIpc) is 2.88. The highest BCUT2D eigenvalue weighted by atomic mass is 16.3. The van der Waals surface area contributed by atoms with Crippen LogP contribution < -0.4 is 16.0 Å². The molecule has 0 saturated carbocycles. The van der Waals surface area contributed by atoms with Gasteiger partial charge in [0.05, 0.1) is 6.10 Å². The van der Waals surface area contributed by atoms with E-state index in [0.29, 0.717) is 36.8 Å². The third-order valence-electron chi connectivity index (χ3n) is 5.51. The van der Waals surface area contributed by atoms with Gasteiger partial charge >= 0.3 is 0 Å². The van der Waals surface area contributed by atoms with Gasteiger partial charge in [-0.15, -0.1) is 0 Å². The van der Waals surface area contributed by atoms with Crippen molar-refractivity contribution in [1.29, 1.82) is 0 Å². The van der Waals surface area contributed by atoms with Gasteiger partial charge in [-0.1, -0.05) is 82.5 Å². The van der Waals surface area contributed by atoms with Gasteiger partial charge in [-0.25, -0.2) is 0 Å². The standard InChI is InChI=1S/C30H45N3O6/c1-6-11-13-17-22(10-5)25(34)19-24(32-28(37)16-9-4)30(39)33-29(38)20-26(35)23(18-14-12-7-2)21-31-27(36)15-8-3/h6-7,11-14,17-18,24,26,29,35,38H,1-2,8-10,15-16,19-21H2,3-5H3,(H,31,36)(H,32,37)(H,33,39)/b13-11-,14-12-,22-17+,23-18+. The molecule has 0 saturated heterocycles. The largest absolute Gasteiger partial charge is 0.389 e. The Kier molecular flexibility index (Phi) is 19.4. The number of ketones is 1. The first-order valence-electron chi connectivity index (χ1n) is 13.3. The second-order valence-corrected chi connectivity index (χ2v) is 8.83. The normalized spacial score (nSPS) is 14.5. The minimum Gasteiger partial charge on any atom is -0.389 e. The molecule has 3 amide bonds. The van der Waals surface area contributed by atoms with Crippen molar-refractivity contribution in [2.24, 2.45) is 0 Å². The molecular weight excluding hydrogens is 498 g/mol. The van der Waals surface area contributed by atoms with Gasteiger partial charge in [0, 0.05) is 32.2 Å². The molecule has 0 aromatic carbocycles. The van der Waals surface area contributed by atoms with E-state index in [0.717, 1.165) is 0 Å². The van der Waals surface area contributed by atoms with Crippen molar-refractivity contribution in [2.75, 3.05) is 6.54 Å². The summed E-state index contributed by atoms with van der Waals surface area (Å²) in [6.07, 6.45) is 11.9. The zero-order valence-electron chi connectivity index (χ0n) is 23.4. The van der Waals surface area contributed by atoms with Crippen LogP contribution in [0, 0.1) is 0 Å². The van der Waals surface area contributed by atoms with E-state index in [4.69, 9.17) is 0 Å². The lowest BCUT2D eigenvalue weighted by atomic mass is 10.00. The summed E-state index contributed by atoms with van der Waals surface area (Å²) in [7, 11) is 0. The maximum atomic E-state index is 13.0. The molecule has 39 heavy (non-hydrogen) atoms. The first kappa shape index (κ1) is 35.4. The van der Waals surface area contributed by atoms with Crippen LogP contribution in [0.4, 0.5) is 0 Å². The second kappa shape index (κ2) is 21.4. The summed E-state index contributed by atoms with van der Waals surface area (Å²) in [5.41, 5.74) is 0.887. The van der Waals surface area contributed by atoms with Crippen LogP contribution in [0.1, 0.15) is 65.7 Å². The number of hydrogen-bond donors (Lipinski definition) is 5. The zero-order valence-corrected chi connectivity index (χ0v) is 23.4. The fourth-order valence-electron chi connectivity index (χ4n) is 3.43. The summed E-state index contributed by atoms with van der Waals surface area (Å²) in [4.78, 5) is 50.0. The molecule has 9 nitrogen and oxygen atoms in total. The van der Waals surface area contributed by atoms with Crippen molar-refractivity contribution >= 4 is 23.5 Å². The lowest BCUT2D eigenvalue weighted by Crippen LogP contribution is -2.51. The van der Waals surface area contributed by atoms with Gasteiger partial charge in [0.2, 0.25) is 17.7 Å². The highest BCUT2D eigenvalue weighted by Crippen LogP contribution is 2.12. The van der Waals surface area contributed by atoms with Crippen LogP contribution in [0.3, 0.4) is 0 Å². The van der Waals surface area contributed by atoms with Crippen LogP contribution in [-0.4, -0.2) is 58.6 Å². The molecular formula is C30H45N3O6. The van der Waals surface area contributed by atoms with Crippen LogP contribution in [0.5, 0.6) is 0 Å².